The van der Waals surface area contributed by atoms with E-state index < -0.39 is 11.6 Å². The van der Waals surface area contributed by atoms with Gasteiger partial charge in [-0.15, -0.1) is 24.0 Å². The van der Waals surface area contributed by atoms with Crippen LogP contribution in [-0.2, 0) is 6.54 Å². The first-order chi connectivity index (χ1) is 14.4. The van der Waals surface area contributed by atoms with Crippen molar-refractivity contribution in [2.45, 2.75) is 46.7 Å². The smallest absolute Gasteiger partial charge is 0.216 e. The molecule has 6 nitrogen and oxygen atoms in total. The maximum Gasteiger partial charge on any atom is 0.216 e. The highest BCUT2D eigenvalue weighted by molar-refractivity contribution is 14.0. The van der Waals surface area contributed by atoms with E-state index in [1.54, 1.807) is 6.07 Å². The topological polar surface area (TPSA) is 56.9 Å². The van der Waals surface area contributed by atoms with Crippen LogP contribution in [0.4, 0.5) is 8.78 Å². The average Bonchev–Trinajstić information content (AvgIpc) is 3.05. The molecule has 31 heavy (non-hydrogen) atoms. The van der Waals surface area contributed by atoms with Gasteiger partial charge < -0.3 is 14.6 Å². The van der Waals surface area contributed by atoms with E-state index in [9.17, 15) is 8.78 Å². The van der Waals surface area contributed by atoms with Crippen LogP contribution in [0.1, 0.15) is 49.2 Å². The second-order valence-electron chi connectivity index (χ2n) is 7.53. The number of piperazine rings is 1. The van der Waals surface area contributed by atoms with E-state index in [-0.39, 0.29) is 30.0 Å². The molecule has 1 aliphatic heterocycles. The first-order valence-electron chi connectivity index (χ1n) is 10.6. The van der Waals surface area contributed by atoms with Crippen LogP contribution in [0.15, 0.2) is 27.6 Å². The number of hydrogen-bond donors (Lipinski definition) is 1. The molecule has 0 amide bonds. The molecule has 0 saturated carbocycles. The molecule has 0 radical (unpaired) electrons. The zero-order chi connectivity index (χ0) is 21.7. The molecule has 1 aromatic heterocycles. The number of aryl methyl sites for hydroxylation is 2. The Morgan fingerprint density at radius 2 is 1.90 bits per heavy atom. The van der Waals surface area contributed by atoms with Gasteiger partial charge in [-0.2, -0.15) is 0 Å². The molecule has 3 rings (SSSR count). The highest BCUT2D eigenvalue weighted by Crippen LogP contribution is 2.28. The molecule has 1 fully saturated rings. The average molecular weight is 547 g/mol. The van der Waals surface area contributed by atoms with Gasteiger partial charge in [0.2, 0.25) is 5.89 Å². The number of aromatic nitrogens is 1. The highest BCUT2D eigenvalue weighted by atomic mass is 127. The van der Waals surface area contributed by atoms with E-state index in [2.05, 4.69) is 25.1 Å². The van der Waals surface area contributed by atoms with Crippen LogP contribution >= 0.6 is 24.0 Å². The van der Waals surface area contributed by atoms with Crippen molar-refractivity contribution < 1.29 is 13.2 Å². The van der Waals surface area contributed by atoms with Gasteiger partial charge in [0, 0.05) is 50.4 Å². The normalized spacial score (nSPS) is 16.2. The number of halogens is 3. The summed E-state index contributed by atoms with van der Waals surface area (Å²) in [6, 6.07) is 3.80. The van der Waals surface area contributed by atoms with Crippen LogP contribution in [0.5, 0.6) is 0 Å². The van der Waals surface area contributed by atoms with E-state index in [0.29, 0.717) is 18.0 Å². The summed E-state index contributed by atoms with van der Waals surface area (Å²) in [6.45, 7) is 12.1. The highest BCUT2D eigenvalue weighted by Gasteiger charge is 2.27. The van der Waals surface area contributed by atoms with Crippen LogP contribution in [0.3, 0.4) is 0 Å². The van der Waals surface area contributed by atoms with Crippen molar-refractivity contribution in [1.82, 2.24) is 20.1 Å². The fraction of sp³-hybridized carbons (Fsp3) is 0.545. The van der Waals surface area contributed by atoms with Gasteiger partial charge in [0.05, 0.1) is 5.69 Å². The molecular weight excluding hydrogens is 515 g/mol. The largest absolute Gasteiger partial charge is 0.444 e. The number of oxazole rings is 1. The number of aliphatic imine (C=N–C) groups is 1. The fourth-order valence-corrected chi connectivity index (χ4v) is 3.87. The van der Waals surface area contributed by atoms with Crippen LogP contribution in [0.25, 0.3) is 0 Å². The summed E-state index contributed by atoms with van der Waals surface area (Å²) in [4.78, 5) is 13.5. The second-order valence-corrected chi connectivity index (χ2v) is 7.53. The van der Waals surface area contributed by atoms with Gasteiger partial charge in [-0.1, -0.05) is 13.0 Å². The predicted molar refractivity (Wildman–Crippen MR) is 129 cm³/mol. The second kappa shape index (κ2) is 11.8. The third-order valence-electron chi connectivity index (χ3n) is 5.53. The van der Waals surface area contributed by atoms with Gasteiger partial charge in [-0.3, -0.25) is 4.90 Å². The Morgan fingerprint density at radius 3 is 2.45 bits per heavy atom. The Kier molecular flexibility index (Phi) is 9.67. The van der Waals surface area contributed by atoms with Gasteiger partial charge in [-0.25, -0.2) is 18.8 Å². The Balaban J connectivity index is 0.00000341. The molecule has 9 heteroatoms. The molecule has 2 heterocycles. The zero-order valence-corrected chi connectivity index (χ0v) is 21.0. The predicted octanol–water partition coefficient (Wildman–Crippen LogP) is 4.42. The van der Waals surface area contributed by atoms with E-state index in [0.717, 1.165) is 62.6 Å². The molecule has 0 bridgehead atoms. The minimum Gasteiger partial charge on any atom is -0.444 e. The Labute approximate surface area is 200 Å². The van der Waals surface area contributed by atoms with Crippen LogP contribution in [0, 0.1) is 25.5 Å². The first-order valence-corrected chi connectivity index (χ1v) is 10.6. The number of rotatable bonds is 6. The molecule has 1 aromatic carbocycles. The Morgan fingerprint density at radius 1 is 1.19 bits per heavy atom. The zero-order valence-electron chi connectivity index (χ0n) is 18.6. The summed E-state index contributed by atoms with van der Waals surface area (Å²) in [7, 11) is 0. The van der Waals surface area contributed by atoms with Gasteiger partial charge in [0.25, 0.3) is 0 Å². The molecule has 1 aliphatic rings. The Bertz CT molecular complexity index is 861. The van der Waals surface area contributed by atoms with Crippen molar-refractivity contribution >= 4 is 29.9 Å². The van der Waals surface area contributed by atoms with Gasteiger partial charge in [0.15, 0.2) is 5.96 Å². The molecule has 1 saturated heterocycles. The van der Waals surface area contributed by atoms with Crippen molar-refractivity contribution in [3.8, 4) is 0 Å². The summed E-state index contributed by atoms with van der Waals surface area (Å²) in [5, 5.41) is 3.34. The first kappa shape index (κ1) is 25.5. The van der Waals surface area contributed by atoms with Gasteiger partial charge in [-0.05, 0) is 33.3 Å². The van der Waals surface area contributed by atoms with Crippen molar-refractivity contribution in [2.75, 3.05) is 32.7 Å². The SMILES string of the molecule is CCNC(=NCc1nc(C)c(C)o1)N1CCN(C(CC)c2ccc(F)cc2F)CC1.I. The molecule has 2 aromatic rings. The lowest BCUT2D eigenvalue weighted by Gasteiger charge is -2.40. The van der Waals surface area contributed by atoms with Gasteiger partial charge in [0.1, 0.15) is 23.9 Å². The summed E-state index contributed by atoms with van der Waals surface area (Å²) in [5.74, 6) is 1.23. The summed E-state index contributed by atoms with van der Waals surface area (Å²) in [6.07, 6.45) is 0.763. The minimum absolute atomic E-state index is 0. The molecule has 1 atom stereocenters. The number of hydrogen-bond acceptors (Lipinski definition) is 4. The summed E-state index contributed by atoms with van der Waals surface area (Å²) >= 11 is 0. The number of nitrogens with zero attached hydrogens (tertiary/aromatic N) is 4. The Hall–Kier alpha value is -1.75. The van der Waals surface area contributed by atoms with Crippen molar-refractivity contribution in [1.29, 1.82) is 0 Å². The molecule has 0 spiro atoms. The fourth-order valence-electron chi connectivity index (χ4n) is 3.87. The molecule has 1 N–H and O–H groups in total. The molecule has 0 aliphatic carbocycles. The van der Waals surface area contributed by atoms with E-state index in [1.807, 2.05) is 27.7 Å². The molecule has 1 unspecified atom stereocenters. The van der Waals surface area contributed by atoms with Crippen LogP contribution < -0.4 is 5.32 Å². The summed E-state index contributed by atoms with van der Waals surface area (Å²) < 4.78 is 33.2. The lowest BCUT2D eigenvalue weighted by Crippen LogP contribution is -2.53. The van der Waals surface area contributed by atoms with Gasteiger partial charge >= 0.3 is 0 Å². The van der Waals surface area contributed by atoms with E-state index >= 15 is 0 Å². The van der Waals surface area contributed by atoms with E-state index in [1.165, 1.54) is 6.07 Å². The maximum absolute atomic E-state index is 14.3. The minimum atomic E-state index is -0.543. The third-order valence-corrected chi connectivity index (χ3v) is 5.53. The van der Waals surface area contributed by atoms with Crippen molar-refractivity contribution in [2.24, 2.45) is 4.99 Å². The molecular formula is C22H32F2IN5O. The van der Waals surface area contributed by atoms with Crippen LogP contribution in [0.2, 0.25) is 0 Å². The van der Waals surface area contributed by atoms with Crippen molar-refractivity contribution in [3.05, 3.63) is 52.7 Å². The number of nitrogens with one attached hydrogen (secondary N) is 1. The van der Waals surface area contributed by atoms with E-state index in [4.69, 9.17) is 4.42 Å². The number of benzene rings is 1. The third kappa shape index (κ3) is 6.38. The number of guanidine groups is 1. The standard InChI is InChI=1S/C22H31F2N5O.HI/c1-5-20(18-8-7-17(23)13-19(18)24)28-9-11-29(12-10-28)22(25-6-2)26-14-21-27-15(3)16(4)30-21;/h7-8,13,20H,5-6,9-12,14H2,1-4H3,(H,25,26);1H. The quantitative estimate of drug-likeness (QED) is 0.330. The lowest BCUT2D eigenvalue weighted by molar-refractivity contribution is 0.124. The molecule has 172 valence electrons. The summed E-state index contributed by atoms with van der Waals surface area (Å²) in [5.41, 5.74) is 1.44. The maximum atomic E-state index is 14.3. The lowest BCUT2D eigenvalue weighted by atomic mass is 10.0. The van der Waals surface area contributed by atoms with Crippen LogP contribution in [-0.4, -0.2) is 53.5 Å². The van der Waals surface area contributed by atoms with Crippen molar-refractivity contribution in [3.63, 3.8) is 0 Å². The monoisotopic (exact) mass is 547 g/mol.